The molecule has 2 unspecified atom stereocenters. The summed E-state index contributed by atoms with van der Waals surface area (Å²) in [6.07, 6.45) is 0. The van der Waals surface area contributed by atoms with E-state index in [-0.39, 0.29) is 12.1 Å². The van der Waals surface area contributed by atoms with Gasteiger partial charge in [-0.3, -0.25) is 4.79 Å². The fraction of sp³-hybridized carbons (Fsp3) is 0.875. The zero-order valence-corrected chi connectivity index (χ0v) is 9.62. The summed E-state index contributed by atoms with van der Waals surface area (Å²) in [5.74, 6) is -2.14. The fourth-order valence-electron chi connectivity index (χ4n) is 1.61. The molecule has 1 aliphatic heterocycles. The Balaban J connectivity index is 2.80. The van der Waals surface area contributed by atoms with Gasteiger partial charge in [-0.25, -0.2) is 8.42 Å². The minimum absolute atomic E-state index is 0.0600. The number of carboxylic acids is 1. The monoisotopic (exact) mass is 236 g/mol. The Morgan fingerprint density at radius 3 is 2.67 bits per heavy atom. The number of carboxylic acid groups (broad SMARTS) is 1. The summed E-state index contributed by atoms with van der Waals surface area (Å²) in [5.41, 5.74) is 0. The lowest BCUT2D eigenvalue weighted by Crippen LogP contribution is -2.57. The van der Waals surface area contributed by atoms with Crippen molar-refractivity contribution in [2.45, 2.75) is 25.9 Å². The van der Waals surface area contributed by atoms with Crippen LogP contribution in [-0.2, 0) is 14.8 Å². The number of rotatable bonds is 3. The molecule has 7 heteroatoms. The van der Waals surface area contributed by atoms with Gasteiger partial charge in [0.15, 0.2) is 5.75 Å². The van der Waals surface area contributed by atoms with Crippen LogP contribution < -0.4 is 5.32 Å². The Kier molecular flexibility index (Phi) is 3.69. The normalized spacial score (nSPS) is 28.9. The van der Waals surface area contributed by atoms with Crippen LogP contribution in [0.2, 0.25) is 0 Å². The predicted molar refractivity (Wildman–Crippen MR) is 55.1 cm³/mol. The van der Waals surface area contributed by atoms with Crippen molar-refractivity contribution in [2.75, 3.05) is 18.8 Å². The van der Waals surface area contributed by atoms with E-state index >= 15 is 0 Å². The highest BCUT2D eigenvalue weighted by Gasteiger charge is 2.33. The molecular weight excluding hydrogens is 220 g/mol. The van der Waals surface area contributed by atoms with E-state index in [1.807, 2.05) is 6.92 Å². The topological polar surface area (TPSA) is 86.7 Å². The Bertz CT molecular complexity index is 341. The standard InChI is InChI=1S/C8H16N2O4S/c1-6-4-10(7(2)3-9-6)15(13,14)5-8(11)12/h6-7,9H,3-5H2,1-2H3,(H,11,12). The van der Waals surface area contributed by atoms with Crippen molar-refractivity contribution in [3.05, 3.63) is 0 Å². The first-order chi connectivity index (χ1) is 6.83. The van der Waals surface area contributed by atoms with E-state index in [0.717, 1.165) is 0 Å². The van der Waals surface area contributed by atoms with Crippen molar-refractivity contribution in [1.82, 2.24) is 9.62 Å². The van der Waals surface area contributed by atoms with Gasteiger partial charge in [-0.2, -0.15) is 4.31 Å². The van der Waals surface area contributed by atoms with Crippen LogP contribution in [0.25, 0.3) is 0 Å². The smallest absolute Gasteiger partial charge is 0.320 e. The number of piperazine rings is 1. The molecule has 0 spiro atoms. The lowest BCUT2D eigenvalue weighted by molar-refractivity contribution is -0.134. The van der Waals surface area contributed by atoms with Crippen LogP contribution in [0, 0.1) is 0 Å². The van der Waals surface area contributed by atoms with Crippen LogP contribution in [0.1, 0.15) is 13.8 Å². The van der Waals surface area contributed by atoms with E-state index in [9.17, 15) is 13.2 Å². The summed E-state index contributed by atoms with van der Waals surface area (Å²) in [6, 6.07) is -0.129. The Labute approximate surface area is 89.3 Å². The van der Waals surface area contributed by atoms with Crippen molar-refractivity contribution in [2.24, 2.45) is 0 Å². The summed E-state index contributed by atoms with van der Waals surface area (Å²) < 4.78 is 24.6. The van der Waals surface area contributed by atoms with Crippen molar-refractivity contribution in [3.8, 4) is 0 Å². The number of hydrogen-bond acceptors (Lipinski definition) is 4. The molecule has 0 aromatic rings. The summed E-state index contributed by atoms with van der Waals surface area (Å²) in [5, 5.41) is 11.6. The molecule has 0 radical (unpaired) electrons. The van der Waals surface area contributed by atoms with Crippen LogP contribution in [0.5, 0.6) is 0 Å². The lowest BCUT2D eigenvalue weighted by Gasteiger charge is -2.36. The van der Waals surface area contributed by atoms with Crippen molar-refractivity contribution in [3.63, 3.8) is 0 Å². The third-order valence-electron chi connectivity index (χ3n) is 2.37. The first kappa shape index (κ1) is 12.4. The molecule has 0 aromatic heterocycles. The van der Waals surface area contributed by atoms with E-state index in [2.05, 4.69) is 5.32 Å². The molecule has 1 aliphatic rings. The van der Waals surface area contributed by atoms with Gasteiger partial charge in [-0.15, -0.1) is 0 Å². The molecule has 88 valence electrons. The van der Waals surface area contributed by atoms with E-state index in [0.29, 0.717) is 13.1 Å². The molecule has 0 amide bonds. The summed E-state index contributed by atoms with van der Waals surface area (Å²) >= 11 is 0. The molecule has 1 heterocycles. The van der Waals surface area contributed by atoms with E-state index in [4.69, 9.17) is 5.11 Å². The van der Waals surface area contributed by atoms with Crippen LogP contribution in [-0.4, -0.2) is 54.7 Å². The molecular formula is C8H16N2O4S. The first-order valence-corrected chi connectivity index (χ1v) is 6.38. The Morgan fingerprint density at radius 2 is 2.13 bits per heavy atom. The average molecular weight is 236 g/mol. The molecule has 15 heavy (non-hydrogen) atoms. The van der Waals surface area contributed by atoms with Gasteiger partial charge < -0.3 is 10.4 Å². The summed E-state index contributed by atoms with van der Waals surface area (Å²) in [7, 11) is -3.67. The van der Waals surface area contributed by atoms with Crippen LogP contribution in [0.4, 0.5) is 0 Å². The molecule has 1 rings (SSSR count). The highest BCUT2D eigenvalue weighted by Crippen LogP contribution is 2.12. The second-order valence-electron chi connectivity index (χ2n) is 3.88. The van der Waals surface area contributed by atoms with Crippen LogP contribution in [0.15, 0.2) is 0 Å². The average Bonchev–Trinajstić information content (AvgIpc) is 2.06. The quantitative estimate of drug-likeness (QED) is 0.662. The van der Waals surface area contributed by atoms with Gasteiger partial charge in [-0.1, -0.05) is 0 Å². The molecule has 1 fully saturated rings. The number of nitrogens with one attached hydrogen (secondary N) is 1. The fourth-order valence-corrected chi connectivity index (χ4v) is 3.17. The zero-order valence-electron chi connectivity index (χ0n) is 8.80. The van der Waals surface area contributed by atoms with Gasteiger partial charge in [0.05, 0.1) is 0 Å². The number of sulfonamides is 1. The zero-order chi connectivity index (χ0) is 11.6. The molecule has 2 N–H and O–H groups in total. The predicted octanol–water partition coefficient (Wildman–Crippen LogP) is -0.917. The van der Waals surface area contributed by atoms with Crippen molar-refractivity contribution in [1.29, 1.82) is 0 Å². The number of carbonyl (C=O) groups is 1. The molecule has 6 nitrogen and oxygen atoms in total. The number of hydrogen-bond donors (Lipinski definition) is 2. The minimum Gasteiger partial charge on any atom is -0.480 e. The molecule has 0 bridgehead atoms. The van der Waals surface area contributed by atoms with Gasteiger partial charge in [-0.05, 0) is 13.8 Å². The number of aliphatic carboxylic acids is 1. The SMILES string of the molecule is CC1CN(S(=O)(=O)CC(=O)O)C(C)CN1. The highest BCUT2D eigenvalue weighted by atomic mass is 32.2. The molecule has 2 atom stereocenters. The van der Waals surface area contributed by atoms with Crippen LogP contribution >= 0.6 is 0 Å². The number of nitrogens with zero attached hydrogens (tertiary/aromatic N) is 1. The Morgan fingerprint density at radius 1 is 1.53 bits per heavy atom. The molecule has 1 saturated heterocycles. The van der Waals surface area contributed by atoms with Gasteiger partial charge in [0, 0.05) is 25.2 Å². The Hall–Kier alpha value is -0.660. The minimum atomic E-state index is -3.67. The van der Waals surface area contributed by atoms with Crippen LogP contribution in [0.3, 0.4) is 0 Å². The molecule has 0 aromatic carbocycles. The second-order valence-corrected chi connectivity index (χ2v) is 5.80. The maximum atomic E-state index is 11.7. The maximum absolute atomic E-state index is 11.7. The highest BCUT2D eigenvalue weighted by molar-refractivity contribution is 7.89. The molecule has 0 saturated carbocycles. The molecule has 0 aliphatic carbocycles. The van der Waals surface area contributed by atoms with E-state index < -0.39 is 21.7 Å². The maximum Gasteiger partial charge on any atom is 0.320 e. The van der Waals surface area contributed by atoms with Gasteiger partial charge >= 0.3 is 5.97 Å². The van der Waals surface area contributed by atoms with Gasteiger partial charge in [0.25, 0.3) is 0 Å². The summed E-state index contributed by atoms with van der Waals surface area (Å²) in [6.45, 7) is 4.52. The first-order valence-electron chi connectivity index (χ1n) is 4.77. The third-order valence-corrected chi connectivity index (χ3v) is 4.21. The lowest BCUT2D eigenvalue weighted by atomic mass is 10.2. The largest absolute Gasteiger partial charge is 0.480 e. The van der Waals surface area contributed by atoms with Gasteiger partial charge in [0.1, 0.15) is 0 Å². The van der Waals surface area contributed by atoms with E-state index in [1.54, 1.807) is 6.92 Å². The van der Waals surface area contributed by atoms with E-state index in [1.165, 1.54) is 4.31 Å². The van der Waals surface area contributed by atoms with Gasteiger partial charge in [0.2, 0.25) is 10.0 Å². The van der Waals surface area contributed by atoms with Crippen molar-refractivity contribution >= 4 is 16.0 Å². The second kappa shape index (κ2) is 4.46. The third kappa shape index (κ3) is 3.15. The summed E-state index contributed by atoms with van der Waals surface area (Å²) in [4.78, 5) is 10.4. The van der Waals surface area contributed by atoms with Crippen molar-refractivity contribution < 1.29 is 18.3 Å².